The lowest BCUT2D eigenvalue weighted by atomic mass is 9.72. The second-order valence-electron chi connectivity index (χ2n) is 6.79. The molecule has 3 nitrogen and oxygen atoms in total. The van der Waals surface area contributed by atoms with Crippen LogP contribution in [0.1, 0.15) is 48.7 Å². The standard InChI is InChI=1S/C18H22N2OS2/c1-12-8-9-20(14-6-3-2-5-13(12)14)18(21)16-11-19-17(23-16)15-7-4-10-22-15/h4,7,10-14H,2-3,5-6,8-9H2,1H3. The maximum atomic E-state index is 13.0. The molecule has 0 spiro atoms. The molecule has 0 N–H and O–H groups in total. The first-order chi connectivity index (χ1) is 11.2. The lowest BCUT2D eigenvalue weighted by Crippen LogP contribution is -2.52. The van der Waals surface area contributed by atoms with Gasteiger partial charge >= 0.3 is 0 Å². The molecule has 122 valence electrons. The van der Waals surface area contributed by atoms with Crippen LogP contribution < -0.4 is 0 Å². The van der Waals surface area contributed by atoms with E-state index in [0.717, 1.165) is 33.6 Å². The van der Waals surface area contributed by atoms with Gasteiger partial charge in [-0.1, -0.05) is 25.8 Å². The average molecular weight is 347 g/mol. The van der Waals surface area contributed by atoms with Crippen LogP contribution >= 0.6 is 22.7 Å². The van der Waals surface area contributed by atoms with E-state index in [1.54, 1.807) is 28.9 Å². The molecule has 0 radical (unpaired) electrons. The fourth-order valence-corrected chi connectivity index (χ4v) is 5.87. The maximum Gasteiger partial charge on any atom is 0.265 e. The molecule has 2 aromatic rings. The minimum atomic E-state index is 0.203. The van der Waals surface area contributed by atoms with E-state index in [-0.39, 0.29) is 5.91 Å². The fraction of sp³-hybridized carbons (Fsp3) is 0.556. The molecule has 2 aliphatic rings. The quantitative estimate of drug-likeness (QED) is 0.774. The number of piperidine rings is 1. The molecule has 1 amide bonds. The van der Waals surface area contributed by atoms with Crippen molar-refractivity contribution in [3.63, 3.8) is 0 Å². The largest absolute Gasteiger partial charge is 0.335 e. The zero-order valence-electron chi connectivity index (χ0n) is 13.4. The van der Waals surface area contributed by atoms with Crippen LogP contribution in [0, 0.1) is 11.8 Å². The third-order valence-corrected chi connectivity index (χ3v) is 7.47. The number of thiazole rings is 1. The third kappa shape index (κ3) is 2.85. The summed E-state index contributed by atoms with van der Waals surface area (Å²) in [7, 11) is 0. The Morgan fingerprint density at radius 2 is 2.17 bits per heavy atom. The second-order valence-corrected chi connectivity index (χ2v) is 8.77. The number of hydrogen-bond donors (Lipinski definition) is 0. The van der Waals surface area contributed by atoms with Gasteiger partial charge in [0.2, 0.25) is 0 Å². The van der Waals surface area contributed by atoms with Gasteiger partial charge in [-0.05, 0) is 42.5 Å². The van der Waals surface area contributed by atoms with Crippen molar-refractivity contribution < 1.29 is 4.79 Å². The highest BCUT2D eigenvalue weighted by Crippen LogP contribution is 2.40. The van der Waals surface area contributed by atoms with Gasteiger partial charge in [0.05, 0.1) is 11.1 Å². The topological polar surface area (TPSA) is 33.2 Å². The number of amides is 1. The van der Waals surface area contributed by atoms with Crippen LogP contribution in [-0.4, -0.2) is 28.4 Å². The summed E-state index contributed by atoms with van der Waals surface area (Å²) in [5, 5.41) is 3.02. The molecule has 3 heterocycles. The highest BCUT2D eigenvalue weighted by Gasteiger charge is 2.39. The molecular weight excluding hydrogens is 324 g/mol. The van der Waals surface area contributed by atoms with Crippen molar-refractivity contribution in [3.8, 4) is 9.88 Å². The highest BCUT2D eigenvalue weighted by molar-refractivity contribution is 7.21. The smallest absolute Gasteiger partial charge is 0.265 e. The molecule has 23 heavy (non-hydrogen) atoms. The van der Waals surface area contributed by atoms with E-state index >= 15 is 0 Å². The van der Waals surface area contributed by atoms with Crippen LogP contribution in [0.15, 0.2) is 23.7 Å². The van der Waals surface area contributed by atoms with Gasteiger partial charge < -0.3 is 4.90 Å². The lowest BCUT2D eigenvalue weighted by molar-refractivity contribution is 0.0221. The Morgan fingerprint density at radius 1 is 1.30 bits per heavy atom. The minimum absolute atomic E-state index is 0.203. The molecule has 0 bridgehead atoms. The van der Waals surface area contributed by atoms with Crippen LogP contribution in [0.4, 0.5) is 0 Å². The van der Waals surface area contributed by atoms with Gasteiger partial charge in [-0.3, -0.25) is 4.79 Å². The Bertz CT molecular complexity index is 679. The van der Waals surface area contributed by atoms with Gasteiger partial charge in [-0.25, -0.2) is 4.98 Å². The molecule has 1 aliphatic heterocycles. The van der Waals surface area contributed by atoms with E-state index in [9.17, 15) is 4.79 Å². The van der Waals surface area contributed by atoms with E-state index < -0.39 is 0 Å². The monoisotopic (exact) mass is 346 g/mol. The third-order valence-electron chi connectivity index (χ3n) is 5.45. The zero-order valence-corrected chi connectivity index (χ0v) is 15.0. The van der Waals surface area contributed by atoms with Gasteiger partial charge in [0.15, 0.2) is 0 Å². The Balaban J connectivity index is 1.56. The van der Waals surface area contributed by atoms with Crippen molar-refractivity contribution >= 4 is 28.6 Å². The van der Waals surface area contributed by atoms with Crippen molar-refractivity contribution in [1.29, 1.82) is 0 Å². The Labute approximate surface area is 145 Å². The van der Waals surface area contributed by atoms with Crippen molar-refractivity contribution in [3.05, 3.63) is 28.6 Å². The number of thiophene rings is 1. The summed E-state index contributed by atoms with van der Waals surface area (Å²) < 4.78 is 0. The molecule has 2 aromatic heterocycles. The molecule has 2 fully saturated rings. The fourth-order valence-electron chi connectivity index (χ4n) is 4.19. The number of carbonyl (C=O) groups excluding carboxylic acids is 1. The average Bonchev–Trinajstić information content (AvgIpc) is 3.26. The first-order valence-electron chi connectivity index (χ1n) is 8.54. The lowest BCUT2D eigenvalue weighted by Gasteiger charge is -2.47. The van der Waals surface area contributed by atoms with E-state index in [0.29, 0.717) is 12.0 Å². The van der Waals surface area contributed by atoms with Gasteiger partial charge in [0.25, 0.3) is 5.91 Å². The Morgan fingerprint density at radius 3 is 3.00 bits per heavy atom. The molecule has 1 saturated heterocycles. The first-order valence-corrected chi connectivity index (χ1v) is 10.2. The van der Waals surface area contributed by atoms with Gasteiger partial charge in [0.1, 0.15) is 9.88 Å². The number of carbonyl (C=O) groups is 1. The van der Waals surface area contributed by atoms with Crippen LogP contribution in [0.2, 0.25) is 0 Å². The van der Waals surface area contributed by atoms with Crippen LogP contribution in [0.3, 0.4) is 0 Å². The number of nitrogens with zero attached hydrogens (tertiary/aromatic N) is 2. The number of likely N-dealkylation sites (tertiary alicyclic amines) is 1. The second kappa shape index (κ2) is 6.36. The van der Waals surface area contributed by atoms with Crippen LogP contribution in [0.25, 0.3) is 9.88 Å². The van der Waals surface area contributed by atoms with Gasteiger partial charge in [-0.2, -0.15) is 0 Å². The summed E-state index contributed by atoms with van der Waals surface area (Å²) in [6.45, 7) is 3.28. The Hall–Kier alpha value is -1.20. The SMILES string of the molecule is CC1CCN(C(=O)c2cnc(-c3cccs3)s2)C2CCCCC12. The van der Waals surface area contributed by atoms with E-state index in [2.05, 4.69) is 28.3 Å². The summed E-state index contributed by atoms with van der Waals surface area (Å²) >= 11 is 3.22. The maximum absolute atomic E-state index is 13.0. The summed E-state index contributed by atoms with van der Waals surface area (Å²) in [5.41, 5.74) is 0. The summed E-state index contributed by atoms with van der Waals surface area (Å²) in [6.07, 6.45) is 7.98. The normalized spacial score (nSPS) is 27.7. The molecule has 1 saturated carbocycles. The molecular formula is C18H22N2OS2. The molecule has 5 heteroatoms. The van der Waals surface area contributed by atoms with Crippen LogP contribution in [0.5, 0.6) is 0 Å². The molecule has 0 aromatic carbocycles. The predicted molar refractivity (Wildman–Crippen MR) is 96.0 cm³/mol. The van der Waals surface area contributed by atoms with Crippen molar-refractivity contribution in [1.82, 2.24) is 9.88 Å². The van der Waals surface area contributed by atoms with Crippen molar-refractivity contribution in [2.24, 2.45) is 11.8 Å². The molecule has 3 atom stereocenters. The first kappa shape index (κ1) is 15.3. The zero-order chi connectivity index (χ0) is 15.8. The minimum Gasteiger partial charge on any atom is -0.335 e. The summed E-state index contributed by atoms with van der Waals surface area (Å²) in [4.78, 5) is 21.6. The van der Waals surface area contributed by atoms with Gasteiger partial charge in [-0.15, -0.1) is 22.7 Å². The van der Waals surface area contributed by atoms with Crippen LogP contribution in [-0.2, 0) is 0 Å². The molecule has 1 aliphatic carbocycles. The van der Waals surface area contributed by atoms with Gasteiger partial charge in [0, 0.05) is 12.6 Å². The van der Waals surface area contributed by atoms with E-state index in [1.165, 1.54) is 25.7 Å². The van der Waals surface area contributed by atoms with E-state index in [1.807, 2.05) is 6.07 Å². The van der Waals surface area contributed by atoms with E-state index in [4.69, 9.17) is 0 Å². The predicted octanol–water partition coefficient (Wildman–Crippen LogP) is 4.91. The number of fused-ring (bicyclic) bond motifs is 1. The molecule has 4 rings (SSSR count). The molecule has 3 unspecified atom stereocenters. The Kier molecular flexibility index (Phi) is 4.24. The highest BCUT2D eigenvalue weighted by atomic mass is 32.1. The summed E-state index contributed by atoms with van der Waals surface area (Å²) in [6, 6.07) is 4.55. The number of hydrogen-bond acceptors (Lipinski definition) is 4. The summed E-state index contributed by atoms with van der Waals surface area (Å²) in [5.74, 6) is 1.66. The number of aromatic nitrogens is 1. The van der Waals surface area contributed by atoms with Crippen molar-refractivity contribution in [2.75, 3.05) is 6.54 Å². The van der Waals surface area contributed by atoms with Crippen molar-refractivity contribution in [2.45, 2.75) is 45.1 Å². The number of rotatable bonds is 2.